The van der Waals surface area contributed by atoms with Crippen LogP contribution < -0.4 is 10.1 Å². The second kappa shape index (κ2) is 7.63. The summed E-state index contributed by atoms with van der Waals surface area (Å²) in [5.74, 6) is 2.86. The molecule has 7 heteroatoms. The molecule has 2 aromatic rings. The minimum absolute atomic E-state index is 0.0816. The van der Waals surface area contributed by atoms with Gasteiger partial charge in [0.15, 0.2) is 0 Å². The van der Waals surface area contributed by atoms with Crippen LogP contribution in [0.4, 0.5) is 0 Å². The van der Waals surface area contributed by atoms with E-state index in [2.05, 4.69) is 45.8 Å². The van der Waals surface area contributed by atoms with Gasteiger partial charge in [-0.3, -0.25) is 4.79 Å². The van der Waals surface area contributed by atoms with Crippen molar-refractivity contribution in [2.45, 2.75) is 52.6 Å². The maximum absolute atomic E-state index is 12.5. The standard InChI is InChI=1S/C18H25N5O2/c1-4-15-21-22-16-7-6-14(10-23(15)16)20-18(24)13-5-8-17(19-9-13)25-11-12(2)3/h5,8-9,12,14H,4,6-7,10-11H2,1-3H3,(H,20,24)/t14-/m1/s1. The van der Waals surface area contributed by atoms with Crippen LogP contribution in [0.25, 0.3) is 0 Å². The Labute approximate surface area is 147 Å². The van der Waals surface area contributed by atoms with Crippen LogP contribution in [-0.4, -0.2) is 38.3 Å². The molecular formula is C18H25N5O2. The van der Waals surface area contributed by atoms with Crippen LogP contribution in [0, 0.1) is 5.92 Å². The normalized spacial score (nSPS) is 16.6. The van der Waals surface area contributed by atoms with Crippen molar-refractivity contribution in [2.75, 3.05) is 6.61 Å². The highest BCUT2D eigenvalue weighted by molar-refractivity contribution is 5.94. The van der Waals surface area contributed by atoms with E-state index in [0.29, 0.717) is 24.0 Å². The Hall–Kier alpha value is -2.44. The van der Waals surface area contributed by atoms with Gasteiger partial charge in [0.25, 0.3) is 5.91 Å². The summed E-state index contributed by atoms with van der Waals surface area (Å²) in [6, 6.07) is 3.58. The summed E-state index contributed by atoms with van der Waals surface area (Å²) in [5.41, 5.74) is 0.544. The van der Waals surface area contributed by atoms with E-state index in [-0.39, 0.29) is 11.9 Å². The molecule has 1 aliphatic rings. The molecule has 0 radical (unpaired) electrons. The summed E-state index contributed by atoms with van der Waals surface area (Å²) in [6.45, 7) is 7.56. The first-order valence-corrected chi connectivity index (χ1v) is 8.87. The van der Waals surface area contributed by atoms with Crippen LogP contribution in [-0.2, 0) is 19.4 Å². The molecule has 1 aliphatic heterocycles. The van der Waals surface area contributed by atoms with Crippen LogP contribution >= 0.6 is 0 Å². The minimum atomic E-state index is -0.109. The molecule has 134 valence electrons. The van der Waals surface area contributed by atoms with E-state index in [4.69, 9.17) is 4.74 Å². The van der Waals surface area contributed by atoms with Crippen LogP contribution in [0.1, 0.15) is 49.2 Å². The van der Waals surface area contributed by atoms with Gasteiger partial charge in [0.05, 0.1) is 12.2 Å². The number of nitrogens with zero attached hydrogens (tertiary/aromatic N) is 4. The molecule has 7 nitrogen and oxygen atoms in total. The molecule has 0 aliphatic carbocycles. The zero-order valence-corrected chi connectivity index (χ0v) is 15.0. The van der Waals surface area contributed by atoms with Crippen molar-refractivity contribution in [3.05, 3.63) is 35.5 Å². The van der Waals surface area contributed by atoms with Gasteiger partial charge in [-0.15, -0.1) is 10.2 Å². The Bertz CT molecular complexity index is 710. The van der Waals surface area contributed by atoms with E-state index >= 15 is 0 Å². The third kappa shape index (κ3) is 4.15. The Kier molecular flexibility index (Phi) is 5.31. The van der Waals surface area contributed by atoms with E-state index in [1.54, 1.807) is 18.3 Å². The van der Waals surface area contributed by atoms with E-state index in [1.165, 1.54) is 0 Å². The Balaban J connectivity index is 1.59. The topological polar surface area (TPSA) is 81.9 Å². The van der Waals surface area contributed by atoms with Gasteiger partial charge in [0.2, 0.25) is 5.88 Å². The van der Waals surface area contributed by atoms with Crippen molar-refractivity contribution in [1.29, 1.82) is 0 Å². The third-order valence-corrected chi connectivity index (χ3v) is 4.24. The van der Waals surface area contributed by atoms with E-state index in [9.17, 15) is 4.79 Å². The molecule has 0 bridgehead atoms. The molecule has 1 N–H and O–H groups in total. The molecule has 0 saturated heterocycles. The number of nitrogens with one attached hydrogen (secondary N) is 1. The number of ether oxygens (including phenoxy) is 1. The highest BCUT2D eigenvalue weighted by atomic mass is 16.5. The number of rotatable bonds is 6. The molecule has 3 heterocycles. The van der Waals surface area contributed by atoms with Gasteiger partial charge in [0.1, 0.15) is 11.6 Å². The zero-order chi connectivity index (χ0) is 17.8. The molecule has 0 saturated carbocycles. The fraction of sp³-hybridized carbons (Fsp3) is 0.556. The summed E-state index contributed by atoms with van der Waals surface area (Å²) < 4.78 is 7.67. The second-order valence-electron chi connectivity index (χ2n) is 6.80. The highest BCUT2D eigenvalue weighted by Crippen LogP contribution is 2.16. The molecule has 2 aromatic heterocycles. The van der Waals surface area contributed by atoms with E-state index < -0.39 is 0 Å². The smallest absolute Gasteiger partial charge is 0.253 e. The molecule has 1 atom stereocenters. The number of hydrogen-bond donors (Lipinski definition) is 1. The molecule has 0 spiro atoms. The molecule has 25 heavy (non-hydrogen) atoms. The number of aromatic nitrogens is 4. The number of carbonyl (C=O) groups is 1. The molecule has 0 fully saturated rings. The van der Waals surface area contributed by atoms with E-state index in [0.717, 1.165) is 37.5 Å². The lowest BCUT2D eigenvalue weighted by atomic mass is 10.1. The molecule has 3 rings (SSSR count). The van der Waals surface area contributed by atoms with Gasteiger partial charge < -0.3 is 14.6 Å². The Morgan fingerprint density at radius 1 is 1.40 bits per heavy atom. The van der Waals surface area contributed by atoms with Gasteiger partial charge >= 0.3 is 0 Å². The largest absolute Gasteiger partial charge is 0.477 e. The second-order valence-corrected chi connectivity index (χ2v) is 6.80. The molecule has 0 aromatic carbocycles. The first-order chi connectivity index (χ1) is 12.1. The Morgan fingerprint density at radius 2 is 2.24 bits per heavy atom. The number of amides is 1. The third-order valence-electron chi connectivity index (χ3n) is 4.24. The Morgan fingerprint density at radius 3 is 2.92 bits per heavy atom. The fourth-order valence-electron chi connectivity index (χ4n) is 2.88. The zero-order valence-electron chi connectivity index (χ0n) is 15.0. The van der Waals surface area contributed by atoms with Gasteiger partial charge in [-0.25, -0.2) is 4.98 Å². The van der Waals surface area contributed by atoms with Crippen molar-refractivity contribution >= 4 is 5.91 Å². The summed E-state index contributed by atoms with van der Waals surface area (Å²) >= 11 is 0. The molecular weight excluding hydrogens is 318 g/mol. The SMILES string of the molecule is CCc1nnc2n1C[C@H](NC(=O)c1ccc(OCC(C)C)nc1)CC2. The van der Waals surface area contributed by atoms with Crippen LogP contribution in [0.15, 0.2) is 18.3 Å². The number of aryl methyl sites for hydroxylation is 2. The number of carbonyl (C=O) groups excluding carboxylic acids is 1. The summed E-state index contributed by atoms with van der Waals surface area (Å²) in [7, 11) is 0. The summed E-state index contributed by atoms with van der Waals surface area (Å²) in [6.07, 6.45) is 4.11. The fourth-order valence-corrected chi connectivity index (χ4v) is 2.88. The average molecular weight is 343 g/mol. The lowest BCUT2D eigenvalue weighted by molar-refractivity contribution is 0.0926. The maximum Gasteiger partial charge on any atom is 0.253 e. The minimum Gasteiger partial charge on any atom is -0.477 e. The van der Waals surface area contributed by atoms with Crippen molar-refractivity contribution in [3.8, 4) is 5.88 Å². The number of pyridine rings is 1. The summed E-state index contributed by atoms with van der Waals surface area (Å²) in [5, 5.41) is 11.5. The lowest BCUT2D eigenvalue weighted by Crippen LogP contribution is -2.41. The maximum atomic E-state index is 12.5. The monoisotopic (exact) mass is 343 g/mol. The highest BCUT2D eigenvalue weighted by Gasteiger charge is 2.23. The van der Waals surface area contributed by atoms with Gasteiger partial charge in [-0.2, -0.15) is 0 Å². The molecule has 0 unspecified atom stereocenters. The average Bonchev–Trinajstić information content (AvgIpc) is 3.02. The van der Waals surface area contributed by atoms with Crippen molar-refractivity contribution in [3.63, 3.8) is 0 Å². The molecule has 1 amide bonds. The first-order valence-electron chi connectivity index (χ1n) is 8.87. The van der Waals surface area contributed by atoms with Crippen LogP contribution in [0.5, 0.6) is 5.88 Å². The van der Waals surface area contributed by atoms with Crippen LogP contribution in [0.3, 0.4) is 0 Å². The van der Waals surface area contributed by atoms with Crippen molar-refractivity contribution in [2.24, 2.45) is 5.92 Å². The number of hydrogen-bond acceptors (Lipinski definition) is 5. The van der Waals surface area contributed by atoms with Crippen molar-refractivity contribution < 1.29 is 9.53 Å². The van der Waals surface area contributed by atoms with E-state index in [1.807, 2.05) is 0 Å². The number of fused-ring (bicyclic) bond motifs is 1. The lowest BCUT2D eigenvalue weighted by Gasteiger charge is -2.25. The van der Waals surface area contributed by atoms with Crippen LogP contribution in [0.2, 0.25) is 0 Å². The quantitative estimate of drug-likeness (QED) is 0.868. The first kappa shape index (κ1) is 17.4. The van der Waals surface area contributed by atoms with Gasteiger partial charge in [-0.05, 0) is 18.4 Å². The summed E-state index contributed by atoms with van der Waals surface area (Å²) in [4.78, 5) is 16.7. The van der Waals surface area contributed by atoms with Gasteiger partial charge in [0, 0.05) is 37.7 Å². The predicted molar refractivity (Wildman–Crippen MR) is 93.5 cm³/mol. The van der Waals surface area contributed by atoms with Crippen molar-refractivity contribution in [1.82, 2.24) is 25.1 Å². The predicted octanol–water partition coefficient (Wildman–Crippen LogP) is 2.02. The van der Waals surface area contributed by atoms with Gasteiger partial charge in [-0.1, -0.05) is 20.8 Å².